The third-order valence-electron chi connectivity index (χ3n) is 4.00. The molecular weight excluding hydrogens is 366 g/mol. The average Bonchev–Trinajstić information content (AvgIpc) is 3.11. The molecule has 26 heavy (non-hydrogen) atoms. The molecule has 0 saturated carbocycles. The normalized spacial score (nSPS) is 10.8. The lowest BCUT2D eigenvalue weighted by atomic mass is 10.2. The summed E-state index contributed by atoms with van der Waals surface area (Å²) in [5.41, 5.74) is 2.97. The molecule has 1 heterocycles. The van der Waals surface area contributed by atoms with Gasteiger partial charge in [-0.15, -0.1) is 11.3 Å². The Hall–Kier alpha value is -2.56. The molecule has 0 fully saturated rings. The second-order valence-corrected chi connectivity index (χ2v) is 7.19. The third-order valence-corrected chi connectivity index (χ3v) is 5.36. The lowest BCUT2D eigenvalue weighted by Gasteiger charge is -2.13. The van der Waals surface area contributed by atoms with Gasteiger partial charge in [-0.1, -0.05) is 54.1 Å². The van der Waals surface area contributed by atoms with Gasteiger partial charge in [-0.05, 0) is 29.8 Å². The molecule has 0 aliphatic heterocycles. The van der Waals surface area contributed by atoms with E-state index in [1.807, 2.05) is 60.7 Å². The van der Waals surface area contributed by atoms with Crippen LogP contribution in [0.4, 0.5) is 0 Å². The van der Waals surface area contributed by atoms with Crippen molar-refractivity contribution in [3.05, 3.63) is 77.3 Å². The number of thiazole rings is 1. The highest BCUT2D eigenvalue weighted by atomic mass is 35.5. The Kier molecular flexibility index (Phi) is 4.78. The number of hydrogen-bond donors (Lipinski definition) is 0. The number of benzene rings is 3. The van der Waals surface area contributed by atoms with Gasteiger partial charge in [-0.2, -0.15) is 0 Å². The van der Waals surface area contributed by atoms with Crippen molar-refractivity contribution in [2.24, 2.45) is 0 Å². The summed E-state index contributed by atoms with van der Waals surface area (Å²) in [5, 5.41) is 1.41. The van der Waals surface area contributed by atoms with Gasteiger partial charge in [0.25, 0.3) is 0 Å². The Bertz CT molecular complexity index is 1010. The molecule has 0 spiro atoms. The van der Waals surface area contributed by atoms with Gasteiger partial charge in [-0.3, -0.25) is 0 Å². The van der Waals surface area contributed by atoms with E-state index in [1.54, 1.807) is 18.4 Å². The number of nitrogens with zero attached hydrogens (tertiary/aromatic N) is 1. The fourth-order valence-corrected chi connectivity index (χ4v) is 3.93. The standard InChI is InChI=1S/C21H16ClNO2S/c1-24-18-12-15(21-23-17-9-5-6-10-19(17)26-21)11-16(22)20(18)25-13-14-7-3-2-4-8-14/h2-12H,13H2,1H3. The van der Waals surface area contributed by atoms with Crippen molar-refractivity contribution in [2.75, 3.05) is 7.11 Å². The summed E-state index contributed by atoms with van der Waals surface area (Å²) in [6.45, 7) is 0.428. The van der Waals surface area contributed by atoms with E-state index in [2.05, 4.69) is 11.1 Å². The van der Waals surface area contributed by atoms with Crippen LogP contribution in [-0.4, -0.2) is 12.1 Å². The van der Waals surface area contributed by atoms with E-state index >= 15 is 0 Å². The first-order valence-corrected chi connectivity index (χ1v) is 9.34. The zero-order valence-electron chi connectivity index (χ0n) is 14.1. The van der Waals surface area contributed by atoms with Gasteiger partial charge in [0.15, 0.2) is 11.5 Å². The first-order chi connectivity index (χ1) is 12.7. The minimum atomic E-state index is 0.428. The molecule has 0 aliphatic rings. The summed E-state index contributed by atoms with van der Waals surface area (Å²) in [7, 11) is 1.61. The summed E-state index contributed by atoms with van der Waals surface area (Å²) in [4.78, 5) is 4.69. The lowest BCUT2D eigenvalue weighted by molar-refractivity contribution is 0.285. The average molecular weight is 382 g/mol. The fourth-order valence-electron chi connectivity index (χ4n) is 2.71. The highest BCUT2D eigenvalue weighted by Crippen LogP contribution is 2.41. The molecule has 5 heteroatoms. The van der Waals surface area contributed by atoms with E-state index in [0.717, 1.165) is 26.4 Å². The van der Waals surface area contributed by atoms with Crippen LogP contribution >= 0.6 is 22.9 Å². The first-order valence-electron chi connectivity index (χ1n) is 8.15. The smallest absolute Gasteiger partial charge is 0.180 e. The predicted molar refractivity (Wildman–Crippen MR) is 107 cm³/mol. The third kappa shape index (κ3) is 3.39. The molecule has 1 aromatic heterocycles. The summed E-state index contributed by atoms with van der Waals surface area (Å²) >= 11 is 8.13. The van der Waals surface area contributed by atoms with Crippen LogP contribution in [0.3, 0.4) is 0 Å². The highest BCUT2D eigenvalue weighted by Gasteiger charge is 2.15. The quantitative estimate of drug-likeness (QED) is 0.412. The van der Waals surface area contributed by atoms with Gasteiger partial charge in [0, 0.05) is 5.56 Å². The Balaban J connectivity index is 1.67. The van der Waals surface area contributed by atoms with Crippen LogP contribution in [0.2, 0.25) is 5.02 Å². The van der Waals surface area contributed by atoms with Crippen molar-refractivity contribution < 1.29 is 9.47 Å². The Morgan fingerprint density at radius 1 is 1.00 bits per heavy atom. The lowest BCUT2D eigenvalue weighted by Crippen LogP contribution is -1.98. The topological polar surface area (TPSA) is 31.4 Å². The van der Waals surface area contributed by atoms with Gasteiger partial charge in [0.05, 0.1) is 22.3 Å². The molecule has 0 atom stereocenters. The summed E-state index contributed by atoms with van der Waals surface area (Å²) in [5.74, 6) is 1.14. The molecule has 3 nitrogen and oxygen atoms in total. The number of hydrogen-bond acceptors (Lipinski definition) is 4. The maximum absolute atomic E-state index is 6.50. The molecule has 0 unspecified atom stereocenters. The van der Waals surface area contributed by atoms with Crippen molar-refractivity contribution >= 4 is 33.2 Å². The second-order valence-electron chi connectivity index (χ2n) is 5.75. The largest absolute Gasteiger partial charge is 0.493 e. The van der Waals surface area contributed by atoms with E-state index in [-0.39, 0.29) is 0 Å². The van der Waals surface area contributed by atoms with Crippen molar-refractivity contribution in [3.8, 4) is 22.1 Å². The van der Waals surface area contributed by atoms with Crippen molar-refractivity contribution in [3.63, 3.8) is 0 Å². The van der Waals surface area contributed by atoms with E-state index in [1.165, 1.54) is 0 Å². The van der Waals surface area contributed by atoms with Crippen LogP contribution in [-0.2, 0) is 6.61 Å². The van der Waals surface area contributed by atoms with Crippen LogP contribution in [0, 0.1) is 0 Å². The van der Waals surface area contributed by atoms with Crippen LogP contribution in [0.15, 0.2) is 66.7 Å². The fraction of sp³-hybridized carbons (Fsp3) is 0.0952. The van der Waals surface area contributed by atoms with Crippen LogP contribution in [0.25, 0.3) is 20.8 Å². The molecule has 0 bridgehead atoms. The molecule has 130 valence electrons. The second kappa shape index (κ2) is 7.36. The maximum atomic E-state index is 6.50. The van der Waals surface area contributed by atoms with Crippen molar-refractivity contribution in [1.82, 2.24) is 4.98 Å². The van der Waals surface area contributed by atoms with Crippen LogP contribution in [0.1, 0.15) is 5.56 Å². The number of halogens is 1. The van der Waals surface area contributed by atoms with E-state index < -0.39 is 0 Å². The Morgan fingerprint density at radius 3 is 2.54 bits per heavy atom. The Morgan fingerprint density at radius 2 is 1.77 bits per heavy atom. The number of methoxy groups -OCH3 is 1. The van der Waals surface area contributed by atoms with Gasteiger partial charge < -0.3 is 9.47 Å². The summed E-state index contributed by atoms with van der Waals surface area (Å²) in [6, 6.07) is 21.8. The SMILES string of the molecule is COc1cc(-c2nc3ccccc3s2)cc(Cl)c1OCc1ccccc1. The number of aromatic nitrogens is 1. The molecule has 0 amide bonds. The summed E-state index contributed by atoms with van der Waals surface area (Å²) < 4.78 is 12.6. The monoisotopic (exact) mass is 381 g/mol. The number of fused-ring (bicyclic) bond motifs is 1. The van der Waals surface area contributed by atoms with Gasteiger partial charge in [0.2, 0.25) is 0 Å². The molecule has 0 saturated heterocycles. The molecule has 0 aliphatic carbocycles. The number of rotatable bonds is 5. The molecule has 0 radical (unpaired) electrons. The molecule has 0 N–H and O–H groups in total. The predicted octanol–water partition coefficient (Wildman–Crippen LogP) is 6.20. The molecular formula is C21H16ClNO2S. The molecule has 4 rings (SSSR count). The van der Waals surface area contributed by atoms with Crippen LogP contribution < -0.4 is 9.47 Å². The number of ether oxygens (including phenoxy) is 2. The van der Waals surface area contributed by atoms with E-state index in [4.69, 9.17) is 21.1 Å². The zero-order chi connectivity index (χ0) is 17.9. The highest BCUT2D eigenvalue weighted by molar-refractivity contribution is 7.21. The van der Waals surface area contributed by atoms with Gasteiger partial charge in [-0.25, -0.2) is 4.98 Å². The maximum Gasteiger partial charge on any atom is 0.180 e. The Labute approximate surface area is 160 Å². The van der Waals surface area contributed by atoms with E-state index in [9.17, 15) is 0 Å². The van der Waals surface area contributed by atoms with Crippen LogP contribution in [0.5, 0.6) is 11.5 Å². The summed E-state index contributed by atoms with van der Waals surface area (Å²) in [6.07, 6.45) is 0. The molecule has 3 aromatic carbocycles. The molecule has 4 aromatic rings. The van der Waals surface area contributed by atoms with Gasteiger partial charge in [0.1, 0.15) is 11.6 Å². The first kappa shape index (κ1) is 16.9. The van der Waals surface area contributed by atoms with Gasteiger partial charge >= 0.3 is 0 Å². The van der Waals surface area contributed by atoms with E-state index in [0.29, 0.717) is 23.1 Å². The minimum absolute atomic E-state index is 0.428. The zero-order valence-corrected chi connectivity index (χ0v) is 15.7. The van der Waals surface area contributed by atoms with Crippen molar-refractivity contribution in [1.29, 1.82) is 0 Å². The minimum Gasteiger partial charge on any atom is -0.493 e. The number of para-hydroxylation sites is 1. The van der Waals surface area contributed by atoms with Crippen molar-refractivity contribution in [2.45, 2.75) is 6.61 Å².